The van der Waals surface area contributed by atoms with E-state index in [0.29, 0.717) is 6.42 Å². The smallest absolute Gasteiger partial charge is 0.223 e. The number of carbonyl (C=O) groups excluding carboxylic acids is 2. The molecular formula is C10H18N2O2. The maximum Gasteiger partial charge on any atom is 0.223 e. The lowest BCUT2D eigenvalue weighted by Gasteiger charge is -2.19. The highest BCUT2D eigenvalue weighted by Gasteiger charge is 2.27. The SMILES string of the molecule is C=C(C)CC(C(=O)NC)C(C)C(N)=O. The number of rotatable bonds is 5. The maximum absolute atomic E-state index is 11.4. The highest BCUT2D eigenvalue weighted by molar-refractivity contribution is 5.86. The van der Waals surface area contributed by atoms with Gasteiger partial charge in [0.25, 0.3) is 0 Å². The molecule has 0 fully saturated rings. The topological polar surface area (TPSA) is 72.2 Å². The van der Waals surface area contributed by atoms with Crippen molar-refractivity contribution in [2.24, 2.45) is 17.6 Å². The summed E-state index contributed by atoms with van der Waals surface area (Å²) in [6, 6.07) is 0. The van der Waals surface area contributed by atoms with Crippen molar-refractivity contribution in [1.29, 1.82) is 0 Å². The molecule has 2 unspecified atom stereocenters. The van der Waals surface area contributed by atoms with Crippen LogP contribution in [0, 0.1) is 11.8 Å². The molecule has 0 bridgehead atoms. The van der Waals surface area contributed by atoms with Gasteiger partial charge in [-0.1, -0.05) is 12.5 Å². The van der Waals surface area contributed by atoms with Crippen LogP contribution in [0.4, 0.5) is 0 Å². The fraction of sp³-hybridized carbons (Fsp3) is 0.600. The number of nitrogens with two attached hydrogens (primary N) is 1. The second kappa shape index (κ2) is 5.42. The van der Waals surface area contributed by atoms with E-state index >= 15 is 0 Å². The quantitative estimate of drug-likeness (QED) is 0.629. The molecule has 0 saturated heterocycles. The van der Waals surface area contributed by atoms with Gasteiger partial charge in [-0.05, 0) is 13.3 Å². The highest BCUT2D eigenvalue weighted by atomic mass is 16.2. The van der Waals surface area contributed by atoms with E-state index in [1.807, 2.05) is 6.92 Å². The summed E-state index contributed by atoms with van der Waals surface area (Å²) in [6.07, 6.45) is 0.490. The van der Waals surface area contributed by atoms with Crippen molar-refractivity contribution in [3.05, 3.63) is 12.2 Å². The molecule has 0 aromatic carbocycles. The lowest BCUT2D eigenvalue weighted by Crippen LogP contribution is -2.37. The third-order valence-corrected chi connectivity index (χ3v) is 2.20. The number of hydrogen-bond acceptors (Lipinski definition) is 2. The lowest BCUT2D eigenvalue weighted by atomic mass is 9.87. The number of primary amides is 1. The molecule has 80 valence electrons. The molecule has 14 heavy (non-hydrogen) atoms. The standard InChI is InChI=1S/C10H18N2O2/c1-6(2)5-8(10(14)12-4)7(3)9(11)13/h7-8H,1,5H2,2-4H3,(H2,11,13)(H,12,14). The van der Waals surface area contributed by atoms with Gasteiger partial charge in [0.1, 0.15) is 0 Å². The van der Waals surface area contributed by atoms with Crippen LogP contribution in [0.3, 0.4) is 0 Å². The highest BCUT2D eigenvalue weighted by Crippen LogP contribution is 2.19. The lowest BCUT2D eigenvalue weighted by molar-refractivity contribution is -0.132. The second-order valence-electron chi connectivity index (χ2n) is 3.57. The summed E-state index contributed by atoms with van der Waals surface area (Å²) in [5.74, 6) is -1.50. The Bertz CT molecular complexity index is 249. The van der Waals surface area contributed by atoms with Crippen LogP contribution in [-0.4, -0.2) is 18.9 Å². The molecule has 3 N–H and O–H groups in total. The minimum Gasteiger partial charge on any atom is -0.369 e. The average molecular weight is 198 g/mol. The van der Waals surface area contributed by atoms with Gasteiger partial charge < -0.3 is 11.1 Å². The predicted octanol–water partition coefficient (Wildman–Crippen LogP) is 0.436. The molecular weight excluding hydrogens is 180 g/mol. The zero-order valence-corrected chi connectivity index (χ0v) is 8.96. The molecule has 4 nitrogen and oxygen atoms in total. The summed E-state index contributed by atoms with van der Waals surface area (Å²) in [5, 5.41) is 2.52. The fourth-order valence-electron chi connectivity index (χ4n) is 1.26. The number of carbonyl (C=O) groups is 2. The maximum atomic E-state index is 11.4. The normalized spacial score (nSPS) is 14.2. The Morgan fingerprint density at radius 3 is 2.29 bits per heavy atom. The van der Waals surface area contributed by atoms with E-state index in [1.165, 1.54) is 0 Å². The third-order valence-electron chi connectivity index (χ3n) is 2.20. The largest absolute Gasteiger partial charge is 0.369 e. The Labute approximate surface area is 84.5 Å². The van der Waals surface area contributed by atoms with Crippen molar-refractivity contribution >= 4 is 11.8 Å². The van der Waals surface area contributed by atoms with Gasteiger partial charge in [-0.2, -0.15) is 0 Å². The molecule has 0 spiro atoms. The van der Waals surface area contributed by atoms with E-state index in [1.54, 1.807) is 14.0 Å². The van der Waals surface area contributed by atoms with Crippen molar-refractivity contribution in [3.8, 4) is 0 Å². The Kier molecular flexibility index (Phi) is 4.91. The summed E-state index contributed by atoms with van der Waals surface area (Å²) < 4.78 is 0. The predicted molar refractivity (Wildman–Crippen MR) is 55.3 cm³/mol. The number of nitrogens with one attached hydrogen (secondary N) is 1. The van der Waals surface area contributed by atoms with Gasteiger partial charge in [-0.25, -0.2) is 0 Å². The summed E-state index contributed by atoms with van der Waals surface area (Å²) in [7, 11) is 1.54. The minimum absolute atomic E-state index is 0.167. The molecule has 0 aliphatic heterocycles. The average Bonchev–Trinajstić information content (AvgIpc) is 2.11. The Morgan fingerprint density at radius 2 is 2.00 bits per heavy atom. The zero-order chi connectivity index (χ0) is 11.3. The van der Waals surface area contributed by atoms with Gasteiger partial charge >= 0.3 is 0 Å². The first kappa shape index (κ1) is 12.7. The van der Waals surface area contributed by atoms with Crippen molar-refractivity contribution in [2.45, 2.75) is 20.3 Å². The van der Waals surface area contributed by atoms with Crippen LogP contribution in [0.2, 0.25) is 0 Å². The monoisotopic (exact) mass is 198 g/mol. The van der Waals surface area contributed by atoms with Gasteiger partial charge in [0, 0.05) is 13.0 Å². The molecule has 2 amide bonds. The second-order valence-corrected chi connectivity index (χ2v) is 3.57. The van der Waals surface area contributed by atoms with Crippen molar-refractivity contribution in [2.75, 3.05) is 7.05 Å². The molecule has 0 saturated carbocycles. The Hall–Kier alpha value is -1.32. The first-order chi connectivity index (χ1) is 6.40. The van der Waals surface area contributed by atoms with Gasteiger partial charge in [-0.15, -0.1) is 6.58 Å². The van der Waals surface area contributed by atoms with Crippen molar-refractivity contribution < 1.29 is 9.59 Å². The fourth-order valence-corrected chi connectivity index (χ4v) is 1.26. The number of hydrogen-bond donors (Lipinski definition) is 2. The van der Waals surface area contributed by atoms with E-state index in [-0.39, 0.29) is 5.91 Å². The van der Waals surface area contributed by atoms with E-state index in [2.05, 4.69) is 11.9 Å². The van der Waals surface area contributed by atoms with Crippen LogP contribution >= 0.6 is 0 Å². The van der Waals surface area contributed by atoms with E-state index < -0.39 is 17.7 Å². The van der Waals surface area contributed by atoms with Crippen LogP contribution in [0.5, 0.6) is 0 Å². The molecule has 0 rings (SSSR count). The summed E-state index contributed by atoms with van der Waals surface area (Å²) >= 11 is 0. The van der Waals surface area contributed by atoms with Crippen LogP contribution in [0.15, 0.2) is 12.2 Å². The van der Waals surface area contributed by atoms with Crippen LogP contribution in [-0.2, 0) is 9.59 Å². The van der Waals surface area contributed by atoms with Gasteiger partial charge in [0.15, 0.2) is 0 Å². The van der Waals surface area contributed by atoms with Crippen molar-refractivity contribution in [3.63, 3.8) is 0 Å². The van der Waals surface area contributed by atoms with Crippen molar-refractivity contribution in [1.82, 2.24) is 5.32 Å². The minimum atomic E-state index is -0.466. The first-order valence-corrected chi connectivity index (χ1v) is 4.55. The molecule has 0 aromatic heterocycles. The van der Waals surface area contributed by atoms with Crippen LogP contribution < -0.4 is 11.1 Å². The van der Waals surface area contributed by atoms with Gasteiger partial charge in [-0.3, -0.25) is 9.59 Å². The molecule has 0 aliphatic carbocycles. The summed E-state index contributed by atoms with van der Waals surface area (Å²) in [4.78, 5) is 22.4. The van der Waals surface area contributed by atoms with Crippen LogP contribution in [0.1, 0.15) is 20.3 Å². The van der Waals surface area contributed by atoms with Gasteiger partial charge in [0.05, 0.1) is 5.92 Å². The number of amides is 2. The van der Waals surface area contributed by atoms with E-state index in [9.17, 15) is 9.59 Å². The molecule has 0 aliphatic rings. The summed E-state index contributed by atoms with van der Waals surface area (Å²) in [5.41, 5.74) is 6.02. The molecule has 0 radical (unpaired) electrons. The number of allylic oxidation sites excluding steroid dienone is 1. The Morgan fingerprint density at radius 1 is 1.50 bits per heavy atom. The third kappa shape index (κ3) is 3.60. The summed E-state index contributed by atoms with van der Waals surface area (Å²) in [6.45, 7) is 7.20. The van der Waals surface area contributed by atoms with E-state index in [4.69, 9.17) is 5.73 Å². The van der Waals surface area contributed by atoms with Crippen LogP contribution in [0.25, 0.3) is 0 Å². The first-order valence-electron chi connectivity index (χ1n) is 4.55. The molecule has 0 aromatic rings. The molecule has 4 heteroatoms. The zero-order valence-electron chi connectivity index (χ0n) is 8.96. The van der Waals surface area contributed by atoms with E-state index in [0.717, 1.165) is 5.57 Å². The molecule has 0 heterocycles. The Balaban J connectivity index is 4.62. The van der Waals surface area contributed by atoms with Gasteiger partial charge in [0.2, 0.25) is 11.8 Å². The molecule has 2 atom stereocenters.